The molecule has 1 atom stereocenters. The van der Waals surface area contributed by atoms with E-state index in [1.165, 1.54) is 99.3 Å². The third kappa shape index (κ3) is 5.96. The van der Waals surface area contributed by atoms with E-state index in [0.29, 0.717) is 0 Å². The van der Waals surface area contributed by atoms with Gasteiger partial charge in [0.05, 0.1) is 28.1 Å². The van der Waals surface area contributed by atoms with Crippen LogP contribution in [0.3, 0.4) is 0 Å². The van der Waals surface area contributed by atoms with Crippen molar-refractivity contribution in [2.45, 2.75) is 25.3 Å². The second kappa shape index (κ2) is 15.3. The lowest BCUT2D eigenvalue weighted by Gasteiger charge is -2.28. The highest BCUT2D eigenvalue weighted by atomic mass is 16.3. The molecule has 0 amide bonds. The number of aryl methyl sites for hydroxylation is 1. The van der Waals surface area contributed by atoms with Crippen molar-refractivity contribution in [2.24, 2.45) is 0 Å². The van der Waals surface area contributed by atoms with Crippen molar-refractivity contribution in [1.29, 1.82) is 0 Å². The zero-order valence-corrected chi connectivity index (χ0v) is 38.4. The first-order chi connectivity index (χ1) is 34.7. The second-order valence-corrected chi connectivity index (χ2v) is 19.1. The summed E-state index contributed by atoms with van der Waals surface area (Å²) in [7, 11) is 0. The number of para-hydroxylation sites is 5. The summed E-state index contributed by atoms with van der Waals surface area (Å²) in [4.78, 5) is 0. The molecule has 0 saturated carbocycles. The summed E-state index contributed by atoms with van der Waals surface area (Å²) in [5, 5.41) is 8.66. The molecule has 15 rings (SSSR count). The number of hydrogen-bond acceptors (Lipinski definition) is 1. The van der Waals surface area contributed by atoms with Gasteiger partial charge < -0.3 is 18.1 Å². The maximum atomic E-state index is 6.48. The van der Waals surface area contributed by atoms with E-state index in [9.17, 15) is 0 Å². The zero-order valence-electron chi connectivity index (χ0n) is 38.4. The van der Waals surface area contributed by atoms with Crippen LogP contribution in [0.2, 0.25) is 0 Å². The van der Waals surface area contributed by atoms with E-state index in [1.54, 1.807) is 0 Å². The molecule has 0 aliphatic heterocycles. The molecule has 0 fully saturated rings. The number of benzene rings is 9. The molecular weight excluding hydrogens is 851 g/mol. The summed E-state index contributed by atoms with van der Waals surface area (Å²) in [5.41, 5.74) is 20.3. The summed E-state index contributed by atoms with van der Waals surface area (Å²) in [5.74, 6) is 0. The minimum absolute atomic E-state index is 0.102. The molecule has 0 spiro atoms. The van der Waals surface area contributed by atoms with Crippen LogP contribution in [0, 0.1) is 0 Å². The summed E-state index contributed by atoms with van der Waals surface area (Å²) >= 11 is 0. The Hall–Kier alpha value is -8.86. The van der Waals surface area contributed by atoms with Crippen molar-refractivity contribution in [3.8, 4) is 27.9 Å². The van der Waals surface area contributed by atoms with Crippen LogP contribution in [0.4, 0.5) is 0 Å². The number of hydrogen-bond donors (Lipinski definition) is 0. The van der Waals surface area contributed by atoms with Crippen LogP contribution >= 0.6 is 0 Å². The number of rotatable bonds is 6. The maximum absolute atomic E-state index is 6.48. The Morgan fingerprint density at radius 1 is 0.414 bits per heavy atom. The fraction of sp³-hybridized carbons (Fsp3) is 0.0606. The Morgan fingerprint density at radius 2 is 0.929 bits per heavy atom. The van der Waals surface area contributed by atoms with E-state index in [-0.39, 0.29) is 6.04 Å². The zero-order chi connectivity index (χ0) is 45.9. The van der Waals surface area contributed by atoms with Gasteiger partial charge in [-0.25, -0.2) is 0 Å². The lowest BCUT2D eigenvalue weighted by molar-refractivity contribution is 0.622. The average molecular weight is 896 g/mol. The lowest BCUT2D eigenvalue weighted by Crippen LogP contribution is -2.15. The van der Waals surface area contributed by atoms with Crippen LogP contribution < -0.4 is 0 Å². The highest BCUT2D eigenvalue weighted by molar-refractivity contribution is 6.12. The molecule has 4 aromatic heterocycles. The standard InChI is InChI=1S/C66H45N3O/c1-7-25-59-51(19-1)52-20-2-8-26-60(52)67(59)48-32-34-66-58(41-48)57-39-46(31-33-65(57)70-66)44-17-13-15-42(35-44)43-16-14-18-45(36-43)47-37-49(68-61-27-9-3-21-53(61)54-22-4-10-28-62(54)68)40-50(38-47)69-63-29-11-5-23-55(63)56-24-6-12-30-64(56)69/h1-5,7-23,25-39,41,50H,6,24,40H2. The van der Waals surface area contributed by atoms with E-state index in [1.807, 2.05) is 0 Å². The van der Waals surface area contributed by atoms with Crippen LogP contribution in [0.1, 0.15) is 35.7 Å². The van der Waals surface area contributed by atoms with Crippen molar-refractivity contribution in [1.82, 2.24) is 13.7 Å². The molecule has 1 unspecified atom stereocenters. The number of fused-ring (bicyclic) bond motifs is 12. The monoisotopic (exact) mass is 895 g/mol. The molecule has 0 radical (unpaired) electrons. The van der Waals surface area contributed by atoms with Crippen LogP contribution in [-0.4, -0.2) is 13.7 Å². The highest BCUT2D eigenvalue weighted by Gasteiger charge is 2.27. The normalized spacial score (nSPS) is 14.9. The molecule has 4 nitrogen and oxygen atoms in total. The van der Waals surface area contributed by atoms with Gasteiger partial charge in [-0.2, -0.15) is 0 Å². The summed E-state index contributed by atoms with van der Waals surface area (Å²) in [6.45, 7) is 0. The third-order valence-electron chi connectivity index (χ3n) is 15.2. The van der Waals surface area contributed by atoms with Crippen molar-refractivity contribution in [3.63, 3.8) is 0 Å². The van der Waals surface area contributed by atoms with E-state index in [2.05, 4.69) is 244 Å². The van der Waals surface area contributed by atoms with Gasteiger partial charge in [-0.05, 0) is 137 Å². The molecule has 0 N–H and O–H groups in total. The largest absolute Gasteiger partial charge is 0.456 e. The summed E-state index contributed by atoms with van der Waals surface area (Å²) in [6, 6.07) is 75.6. The van der Waals surface area contributed by atoms with Crippen LogP contribution in [-0.2, 0) is 6.42 Å². The predicted octanol–water partition coefficient (Wildman–Crippen LogP) is 17.6. The number of aromatic nitrogens is 3. The molecule has 2 aliphatic rings. The van der Waals surface area contributed by atoms with Gasteiger partial charge in [0.15, 0.2) is 0 Å². The van der Waals surface area contributed by atoms with Gasteiger partial charge >= 0.3 is 0 Å². The maximum Gasteiger partial charge on any atom is 0.135 e. The Bertz CT molecular complexity index is 4300. The van der Waals surface area contributed by atoms with Gasteiger partial charge in [-0.15, -0.1) is 0 Å². The van der Waals surface area contributed by atoms with Crippen LogP contribution in [0.15, 0.2) is 229 Å². The Labute approximate surface area is 404 Å². The molecule has 70 heavy (non-hydrogen) atoms. The minimum atomic E-state index is 0.102. The number of allylic oxidation sites excluding steroid dienone is 5. The molecule has 330 valence electrons. The highest BCUT2D eigenvalue weighted by Crippen LogP contribution is 2.44. The number of furan rings is 1. The first-order valence-electron chi connectivity index (χ1n) is 24.6. The van der Waals surface area contributed by atoms with E-state index in [4.69, 9.17) is 4.42 Å². The molecule has 0 bridgehead atoms. The Balaban J connectivity index is 0.841. The topological polar surface area (TPSA) is 27.9 Å². The van der Waals surface area contributed by atoms with Crippen LogP contribution in [0.5, 0.6) is 0 Å². The van der Waals surface area contributed by atoms with E-state index in [0.717, 1.165) is 52.5 Å². The van der Waals surface area contributed by atoms with Gasteiger partial charge in [-0.1, -0.05) is 146 Å². The van der Waals surface area contributed by atoms with Crippen molar-refractivity contribution >= 4 is 93.8 Å². The molecule has 9 aromatic carbocycles. The van der Waals surface area contributed by atoms with Crippen LogP contribution in [0.25, 0.3) is 122 Å². The second-order valence-electron chi connectivity index (χ2n) is 19.1. The molecule has 4 heterocycles. The van der Waals surface area contributed by atoms with Gasteiger partial charge in [0.25, 0.3) is 0 Å². The average Bonchev–Trinajstić information content (AvgIpc) is 4.17. The van der Waals surface area contributed by atoms with Gasteiger partial charge in [0.1, 0.15) is 11.2 Å². The summed E-state index contributed by atoms with van der Waals surface area (Å²) in [6.07, 6.45) is 12.7. The quantitative estimate of drug-likeness (QED) is 0.163. The SMILES string of the molecule is C1=Cc2c(c3ccccc3n2C2C=C(c3cccc(-c4cccc(-c5ccc6oc7ccc(-n8c9ccccc9c9ccccc98)cc7c6c5)c4)c3)C=C(n3c4ccccc4c4ccccc43)C2)CC1. The molecule has 2 aliphatic carbocycles. The molecular formula is C66H45N3O. The summed E-state index contributed by atoms with van der Waals surface area (Å²) < 4.78 is 14.0. The Kier molecular flexibility index (Phi) is 8.58. The first-order valence-corrected chi connectivity index (χ1v) is 24.6. The fourth-order valence-electron chi connectivity index (χ4n) is 12.1. The van der Waals surface area contributed by atoms with Gasteiger partial charge in [0.2, 0.25) is 0 Å². The van der Waals surface area contributed by atoms with Crippen molar-refractivity contribution in [2.75, 3.05) is 0 Å². The Morgan fingerprint density at radius 3 is 1.57 bits per heavy atom. The van der Waals surface area contributed by atoms with Gasteiger partial charge in [0, 0.05) is 66.7 Å². The third-order valence-corrected chi connectivity index (χ3v) is 15.2. The molecule has 4 heteroatoms. The predicted molar refractivity (Wildman–Crippen MR) is 294 cm³/mol. The van der Waals surface area contributed by atoms with Crippen molar-refractivity contribution < 1.29 is 4.42 Å². The fourth-order valence-corrected chi connectivity index (χ4v) is 12.1. The smallest absolute Gasteiger partial charge is 0.135 e. The first kappa shape index (κ1) is 39.2. The van der Waals surface area contributed by atoms with E-state index >= 15 is 0 Å². The minimum Gasteiger partial charge on any atom is -0.456 e. The molecule has 13 aromatic rings. The molecule has 0 saturated heterocycles. The van der Waals surface area contributed by atoms with Gasteiger partial charge in [-0.3, -0.25) is 0 Å². The lowest BCUT2D eigenvalue weighted by atomic mass is 9.91. The number of nitrogens with zero attached hydrogens (tertiary/aromatic N) is 3. The van der Waals surface area contributed by atoms with E-state index < -0.39 is 0 Å². The van der Waals surface area contributed by atoms with Crippen molar-refractivity contribution in [3.05, 3.63) is 241 Å².